The molecule has 1 amide bonds. The van der Waals surface area contributed by atoms with Crippen molar-refractivity contribution < 1.29 is 13.6 Å². The number of hydrogen-bond acceptors (Lipinski definition) is 2. The molecule has 1 saturated carbocycles. The van der Waals surface area contributed by atoms with Gasteiger partial charge in [0.25, 0.3) is 0 Å². The maximum atomic E-state index is 13.6. The highest BCUT2D eigenvalue weighted by molar-refractivity contribution is 5.82. The van der Waals surface area contributed by atoms with Gasteiger partial charge in [0.2, 0.25) is 5.91 Å². The smallest absolute Gasteiger partial charge is 0.226 e. The summed E-state index contributed by atoms with van der Waals surface area (Å²) in [6.45, 7) is 1.36. The molecular weight excluding hydrogens is 250 g/mol. The van der Waals surface area contributed by atoms with E-state index in [0.29, 0.717) is 18.5 Å². The van der Waals surface area contributed by atoms with Gasteiger partial charge < -0.3 is 10.2 Å². The third-order valence-electron chi connectivity index (χ3n) is 3.54. The van der Waals surface area contributed by atoms with Crippen molar-refractivity contribution in [3.8, 4) is 0 Å². The third kappa shape index (κ3) is 3.10. The number of amides is 1. The second kappa shape index (κ2) is 5.65. The molecule has 0 saturated heterocycles. The summed E-state index contributed by atoms with van der Waals surface area (Å²) in [4.78, 5) is 13.7. The van der Waals surface area contributed by atoms with Crippen molar-refractivity contribution in [3.05, 3.63) is 35.4 Å². The number of nitrogens with one attached hydrogen (secondary N) is 1. The molecule has 0 radical (unpaired) electrons. The molecule has 1 aliphatic carbocycles. The second-order valence-corrected chi connectivity index (χ2v) is 4.98. The van der Waals surface area contributed by atoms with Gasteiger partial charge in [-0.05, 0) is 31.0 Å². The summed E-state index contributed by atoms with van der Waals surface area (Å²) in [5, 5.41) is 2.98. The van der Waals surface area contributed by atoms with Crippen molar-refractivity contribution in [1.82, 2.24) is 10.2 Å². The van der Waals surface area contributed by atoms with E-state index in [1.807, 2.05) is 7.05 Å². The molecule has 0 bridgehead atoms. The maximum Gasteiger partial charge on any atom is 0.226 e. The van der Waals surface area contributed by atoms with Crippen LogP contribution in [-0.2, 0) is 4.79 Å². The number of nitrogens with zero attached hydrogens (tertiary/aromatic N) is 1. The standard InChI is InChI=1S/C14H18F2N2O/c1-17-5-6-18(2)14(19)12-8-11(12)10-4-3-9(15)7-13(10)16/h3-4,7,11-12,17H,5-6,8H2,1-2H3. The fourth-order valence-corrected chi connectivity index (χ4v) is 2.29. The van der Waals surface area contributed by atoms with Crippen LogP contribution in [0.15, 0.2) is 18.2 Å². The highest BCUT2D eigenvalue weighted by Gasteiger charge is 2.46. The van der Waals surface area contributed by atoms with Gasteiger partial charge in [-0.25, -0.2) is 8.78 Å². The molecule has 0 heterocycles. The van der Waals surface area contributed by atoms with Gasteiger partial charge in [-0.3, -0.25) is 4.79 Å². The molecule has 1 fully saturated rings. The quantitative estimate of drug-likeness (QED) is 0.882. The molecule has 1 aromatic rings. The zero-order chi connectivity index (χ0) is 14.0. The summed E-state index contributed by atoms with van der Waals surface area (Å²) < 4.78 is 26.4. The van der Waals surface area contributed by atoms with E-state index in [1.165, 1.54) is 12.1 Å². The largest absolute Gasteiger partial charge is 0.344 e. The minimum Gasteiger partial charge on any atom is -0.344 e. The summed E-state index contributed by atoms with van der Waals surface area (Å²) in [5.74, 6) is -1.38. The Bertz CT molecular complexity index is 479. The Morgan fingerprint density at radius 3 is 2.84 bits per heavy atom. The Kier molecular flexibility index (Phi) is 4.14. The normalized spacial score (nSPS) is 21.3. The van der Waals surface area contributed by atoms with Gasteiger partial charge in [0, 0.05) is 32.1 Å². The number of hydrogen-bond donors (Lipinski definition) is 1. The van der Waals surface area contributed by atoms with E-state index < -0.39 is 11.6 Å². The Labute approximate surface area is 111 Å². The number of halogens is 2. The number of carbonyl (C=O) groups is 1. The van der Waals surface area contributed by atoms with Gasteiger partial charge in [-0.15, -0.1) is 0 Å². The SMILES string of the molecule is CNCCN(C)C(=O)C1CC1c1ccc(F)cc1F. The predicted octanol–water partition coefficient (Wildman–Crippen LogP) is 1.75. The maximum absolute atomic E-state index is 13.6. The van der Waals surface area contributed by atoms with Crippen molar-refractivity contribution in [3.63, 3.8) is 0 Å². The first-order chi connectivity index (χ1) is 9.04. The summed E-state index contributed by atoms with van der Waals surface area (Å²) in [6, 6.07) is 3.55. The first kappa shape index (κ1) is 13.9. The van der Waals surface area contributed by atoms with E-state index >= 15 is 0 Å². The zero-order valence-corrected chi connectivity index (χ0v) is 11.1. The average Bonchev–Trinajstić information content (AvgIpc) is 3.15. The minimum absolute atomic E-state index is 0.0315. The number of rotatable bonds is 5. The van der Waals surface area contributed by atoms with Crippen LogP contribution in [0.25, 0.3) is 0 Å². The highest BCUT2D eigenvalue weighted by Crippen LogP contribution is 2.49. The van der Waals surface area contributed by atoms with Crippen molar-refractivity contribution in [1.29, 1.82) is 0 Å². The molecular formula is C14H18F2N2O. The fraction of sp³-hybridized carbons (Fsp3) is 0.500. The van der Waals surface area contributed by atoms with Gasteiger partial charge >= 0.3 is 0 Å². The van der Waals surface area contributed by atoms with E-state index in [0.717, 1.165) is 12.6 Å². The third-order valence-corrected chi connectivity index (χ3v) is 3.54. The van der Waals surface area contributed by atoms with Crippen LogP contribution in [0.5, 0.6) is 0 Å². The number of likely N-dealkylation sites (N-methyl/N-ethyl adjacent to an activating group) is 2. The molecule has 104 valence electrons. The van der Waals surface area contributed by atoms with Crippen molar-refractivity contribution in [2.45, 2.75) is 12.3 Å². The van der Waals surface area contributed by atoms with Crippen LogP contribution in [0.2, 0.25) is 0 Å². The lowest BCUT2D eigenvalue weighted by Crippen LogP contribution is -2.34. The summed E-state index contributed by atoms with van der Waals surface area (Å²) >= 11 is 0. The summed E-state index contributed by atoms with van der Waals surface area (Å²) in [5.41, 5.74) is 0.446. The van der Waals surface area contributed by atoms with Crippen LogP contribution in [-0.4, -0.2) is 38.0 Å². The van der Waals surface area contributed by atoms with E-state index in [-0.39, 0.29) is 17.7 Å². The molecule has 1 aromatic carbocycles. The Morgan fingerprint density at radius 2 is 2.21 bits per heavy atom. The lowest BCUT2D eigenvalue weighted by atomic mass is 10.1. The Hall–Kier alpha value is -1.49. The molecule has 0 aliphatic heterocycles. The van der Waals surface area contributed by atoms with E-state index in [1.54, 1.807) is 11.9 Å². The first-order valence-electron chi connectivity index (χ1n) is 6.39. The van der Waals surface area contributed by atoms with E-state index in [2.05, 4.69) is 5.32 Å². The van der Waals surface area contributed by atoms with Crippen LogP contribution in [0.1, 0.15) is 17.9 Å². The molecule has 2 rings (SSSR count). The number of benzene rings is 1. The lowest BCUT2D eigenvalue weighted by Gasteiger charge is -2.17. The molecule has 0 aromatic heterocycles. The highest BCUT2D eigenvalue weighted by atomic mass is 19.1. The second-order valence-electron chi connectivity index (χ2n) is 4.98. The van der Waals surface area contributed by atoms with Gasteiger partial charge in [-0.1, -0.05) is 6.07 Å². The summed E-state index contributed by atoms with van der Waals surface area (Å²) in [7, 11) is 3.57. The van der Waals surface area contributed by atoms with Crippen molar-refractivity contribution in [2.75, 3.05) is 27.2 Å². The molecule has 1 aliphatic rings. The van der Waals surface area contributed by atoms with Crippen molar-refractivity contribution in [2.24, 2.45) is 5.92 Å². The Balaban J connectivity index is 1.98. The number of carbonyl (C=O) groups excluding carboxylic acids is 1. The van der Waals surface area contributed by atoms with Crippen LogP contribution >= 0.6 is 0 Å². The molecule has 0 spiro atoms. The molecule has 19 heavy (non-hydrogen) atoms. The van der Waals surface area contributed by atoms with Crippen LogP contribution in [0, 0.1) is 17.6 Å². The minimum atomic E-state index is -0.587. The van der Waals surface area contributed by atoms with Gasteiger partial charge in [0.1, 0.15) is 11.6 Å². The van der Waals surface area contributed by atoms with Crippen LogP contribution in [0.4, 0.5) is 8.78 Å². The van der Waals surface area contributed by atoms with Crippen LogP contribution in [0.3, 0.4) is 0 Å². The molecule has 3 nitrogen and oxygen atoms in total. The average molecular weight is 268 g/mol. The summed E-state index contributed by atoms with van der Waals surface area (Å²) in [6.07, 6.45) is 0.644. The van der Waals surface area contributed by atoms with Gasteiger partial charge in [-0.2, -0.15) is 0 Å². The zero-order valence-electron chi connectivity index (χ0n) is 11.1. The topological polar surface area (TPSA) is 32.3 Å². The predicted molar refractivity (Wildman–Crippen MR) is 68.8 cm³/mol. The monoisotopic (exact) mass is 268 g/mol. The van der Waals surface area contributed by atoms with Gasteiger partial charge in [0.05, 0.1) is 0 Å². The fourth-order valence-electron chi connectivity index (χ4n) is 2.29. The van der Waals surface area contributed by atoms with Gasteiger partial charge in [0.15, 0.2) is 0 Å². The molecule has 2 unspecified atom stereocenters. The van der Waals surface area contributed by atoms with E-state index in [9.17, 15) is 13.6 Å². The first-order valence-corrected chi connectivity index (χ1v) is 6.39. The van der Waals surface area contributed by atoms with E-state index in [4.69, 9.17) is 0 Å². The van der Waals surface area contributed by atoms with Crippen LogP contribution < -0.4 is 5.32 Å². The molecule has 2 atom stereocenters. The molecule has 5 heteroatoms. The Morgan fingerprint density at radius 1 is 1.47 bits per heavy atom. The van der Waals surface area contributed by atoms with Crippen molar-refractivity contribution >= 4 is 5.91 Å². The molecule has 1 N–H and O–H groups in total. The lowest BCUT2D eigenvalue weighted by molar-refractivity contribution is -0.131.